The monoisotopic (exact) mass is 467 g/mol. The van der Waals surface area contributed by atoms with Gasteiger partial charge in [-0.15, -0.1) is 24.0 Å². The molecule has 1 heterocycles. The van der Waals surface area contributed by atoms with Gasteiger partial charge in [0.25, 0.3) is 0 Å². The molecular formula is C20H30IN5. The molecule has 1 aliphatic carbocycles. The summed E-state index contributed by atoms with van der Waals surface area (Å²) in [5.41, 5.74) is 3.02. The number of imidazole rings is 1. The van der Waals surface area contributed by atoms with Crippen LogP contribution in [-0.4, -0.2) is 29.1 Å². The first kappa shape index (κ1) is 20.7. The molecule has 0 aliphatic heterocycles. The van der Waals surface area contributed by atoms with Crippen molar-refractivity contribution in [2.45, 2.75) is 45.7 Å². The van der Waals surface area contributed by atoms with Crippen LogP contribution in [0.2, 0.25) is 0 Å². The molecule has 1 aromatic heterocycles. The lowest BCUT2D eigenvalue weighted by Gasteiger charge is -2.41. The van der Waals surface area contributed by atoms with Crippen molar-refractivity contribution in [2.24, 2.45) is 10.4 Å². The molecule has 142 valence electrons. The first-order chi connectivity index (χ1) is 12.2. The van der Waals surface area contributed by atoms with E-state index in [1.165, 1.54) is 36.8 Å². The Kier molecular flexibility index (Phi) is 7.93. The van der Waals surface area contributed by atoms with E-state index in [0.717, 1.165) is 25.6 Å². The predicted molar refractivity (Wildman–Crippen MR) is 118 cm³/mol. The third-order valence-corrected chi connectivity index (χ3v) is 5.39. The van der Waals surface area contributed by atoms with Gasteiger partial charge in [-0.05, 0) is 35.8 Å². The summed E-state index contributed by atoms with van der Waals surface area (Å²) in [6.07, 6.45) is 10.9. The zero-order valence-corrected chi connectivity index (χ0v) is 18.1. The number of guanidine groups is 1. The summed E-state index contributed by atoms with van der Waals surface area (Å²) in [5.74, 6) is 0.889. The summed E-state index contributed by atoms with van der Waals surface area (Å²) in [4.78, 5) is 8.46. The van der Waals surface area contributed by atoms with E-state index in [1.54, 1.807) is 0 Å². The molecule has 1 aliphatic rings. The van der Waals surface area contributed by atoms with Crippen molar-refractivity contribution in [3.05, 3.63) is 54.1 Å². The van der Waals surface area contributed by atoms with E-state index in [0.29, 0.717) is 5.41 Å². The van der Waals surface area contributed by atoms with Crippen molar-refractivity contribution < 1.29 is 0 Å². The van der Waals surface area contributed by atoms with Crippen molar-refractivity contribution in [2.75, 3.05) is 13.6 Å². The number of hydrogen-bond donors (Lipinski definition) is 2. The highest BCUT2D eigenvalue weighted by molar-refractivity contribution is 14.0. The Hall–Kier alpha value is -1.57. The summed E-state index contributed by atoms with van der Waals surface area (Å²) < 4.78 is 2.08. The van der Waals surface area contributed by atoms with Crippen LogP contribution in [-0.2, 0) is 13.1 Å². The SMILES string of the molecule is CCC1(CNC(=NC)NCc2cccc(Cn3ccnc3)c2)CCC1.I. The predicted octanol–water partition coefficient (Wildman–Crippen LogP) is 3.79. The van der Waals surface area contributed by atoms with Crippen LogP contribution >= 0.6 is 24.0 Å². The first-order valence-electron chi connectivity index (χ1n) is 9.21. The van der Waals surface area contributed by atoms with E-state index < -0.39 is 0 Å². The molecule has 0 atom stereocenters. The smallest absolute Gasteiger partial charge is 0.191 e. The highest BCUT2D eigenvalue weighted by atomic mass is 127. The van der Waals surface area contributed by atoms with Gasteiger partial charge in [0.05, 0.1) is 6.33 Å². The second-order valence-corrected chi connectivity index (χ2v) is 7.04. The van der Waals surface area contributed by atoms with E-state index in [9.17, 15) is 0 Å². The van der Waals surface area contributed by atoms with Gasteiger partial charge >= 0.3 is 0 Å². The fourth-order valence-electron chi connectivity index (χ4n) is 3.44. The van der Waals surface area contributed by atoms with Gasteiger partial charge in [0.2, 0.25) is 0 Å². The fraction of sp³-hybridized carbons (Fsp3) is 0.500. The number of hydrogen-bond acceptors (Lipinski definition) is 2. The van der Waals surface area contributed by atoms with E-state index in [2.05, 4.69) is 56.4 Å². The van der Waals surface area contributed by atoms with Gasteiger partial charge in [-0.3, -0.25) is 4.99 Å². The molecule has 0 spiro atoms. The zero-order valence-electron chi connectivity index (χ0n) is 15.7. The molecule has 5 nitrogen and oxygen atoms in total. The number of benzene rings is 1. The standard InChI is InChI=1S/C20H29N5.HI/c1-3-20(8-5-9-20)15-24-19(21-2)23-13-17-6-4-7-18(12-17)14-25-11-10-22-16-25;/h4,6-7,10-12,16H,3,5,8-9,13-15H2,1-2H3,(H2,21,23,24);1H. The van der Waals surface area contributed by atoms with Gasteiger partial charge in [0.15, 0.2) is 5.96 Å². The number of nitrogens with zero attached hydrogens (tertiary/aromatic N) is 3. The van der Waals surface area contributed by atoms with E-state index in [-0.39, 0.29) is 24.0 Å². The Labute approximate surface area is 173 Å². The van der Waals surface area contributed by atoms with Crippen LogP contribution < -0.4 is 10.6 Å². The van der Waals surface area contributed by atoms with Crippen molar-refractivity contribution in [1.82, 2.24) is 20.2 Å². The molecule has 1 saturated carbocycles. The molecule has 6 heteroatoms. The molecule has 0 unspecified atom stereocenters. The van der Waals surface area contributed by atoms with Crippen LogP contribution in [0.15, 0.2) is 48.0 Å². The minimum absolute atomic E-state index is 0. The second kappa shape index (κ2) is 9.94. The topological polar surface area (TPSA) is 54.2 Å². The summed E-state index contributed by atoms with van der Waals surface area (Å²) in [6, 6.07) is 8.65. The van der Waals surface area contributed by atoms with Gasteiger partial charge in [-0.1, -0.05) is 37.6 Å². The molecule has 1 fully saturated rings. The van der Waals surface area contributed by atoms with Gasteiger partial charge in [0, 0.05) is 39.1 Å². The number of rotatable bonds is 7. The molecule has 2 N–H and O–H groups in total. The minimum atomic E-state index is 0. The lowest BCUT2D eigenvalue weighted by molar-refractivity contribution is 0.131. The normalized spacial score (nSPS) is 15.7. The Morgan fingerprint density at radius 3 is 2.69 bits per heavy atom. The molecule has 3 rings (SSSR count). The summed E-state index contributed by atoms with van der Waals surface area (Å²) >= 11 is 0. The Morgan fingerprint density at radius 2 is 2.08 bits per heavy atom. The zero-order chi connectivity index (χ0) is 17.5. The fourth-order valence-corrected chi connectivity index (χ4v) is 3.44. The number of aromatic nitrogens is 2. The molecule has 0 bridgehead atoms. The first-order valence-corrected chi connectivity index (χ1v) is 9.21. The largest absolute Gasteiger partial charge is 0.356 e. The summed E-state index contributed by atoms with van der Waals surface area (Å²) in [5, 5.41) is 6.95. The Morgan fingerprint density at radius 1 is 1.27 bits per heavy atom. The molecule has 0 amide bonds. The maximum absolute atomic E-state index is 4.36. The molecule has 1 aromatic carbocycles. The van der Waals surface area contributed by atoms with Crippen LogP contribution in [0.5, 0.6) is 0 Å². The van der Waals surface area contributed by atoms with Gasteiger partial charge in [-0.2, -0.15) is 0 Å². The molecule has 26 heavy (non-hydrogen) atoms. The summed E-state index contributed by atoms with van der Waals surface area (Å²) in [6.45, 7) is 4.93. The van der Waals surface area contributed by atoms with Crippen LogP contribution in [0.3, 0.4) is 0 Å². The number of aliphatic imine (C=N–C) groups is 1. The minimum Gasteiger partial charge on any atom is -0.356 e. The van der Waals surface area contributed by atoms with E-state index in [4.69, 9.17) is 0 Å². The number of halogens is 1. The summed E-state index contributed by atoms with van der Waals surface area (Å²) in [7, 11) is 1.84. The van der Waals surface area contributed by atoms with Crippen molar-refractivity contribution in [3.63, 3.8) is 0 Å². The van der Waals surface area contributed by atoms with Crippen LogP contribution in [0.1, 0.15) is 43.7 Å². The van der Waals surface area contributed by atoms with Crippen LogP contribution in [0.4, 0.5) is 0 Å². The molecule has 0 saturated heterocycles. The average Bonchev–Trinajstić information content (AvgIpc) is 3.10. The van der Waals surface area contributed by atoms with Crippen LogP contribution in [0, 0.1) is 5.41 Å². The molecule has 0 radical (unpaired) electrons. The molecule has 2 aromatic rings. The van der Waals surface area contributed by atoms with Crippen molar-refractivity contribution in [1.29, 1.82) is 0 Å². The maximum Gasteiger partial charge on any atom is 0.191 e. The Bertz CT molecular complexity index is 686. The van der Waals surface area contributed by atoms with Crippen molar-refractivity contribution in [3.8, 4) is 0 Å². The van der Waals surface area contributed by atoms with E-state index >= 15 is 0 Å². The highest BCUT2D eigenvalue weighted by Crippen LogP contribution is 2.42. The quantitative estimate of drug-likeness (QED) is 0.370. The lowest BCUT2D eigenvalue weighted by Crippen LogP contribution is -2.46. The van der Waals surface area contributed by atoms with E-state index in [1.807, 2.05) is 25.8 Å². The van der Waals surface area contributed by atoms with Gasteiger partial charge in [-0.25, -0.2) is 4.98 Å². The van der Waals surface area contributed by atoms with Gasteiger partial charge in [0.1, 0.15) is 0 Å². The lowest BCUT2D eigenvalue weighted by atomic mass is 9.67. The molecular weight excluding hydrogens is 437 g/mol. The Balaban J connectivity index is 0.00000243. The third kappa shape index (κ3) is 5.46. The highest BCUT2D eigenvalue weighted by Gasteiger charge is 2.34. The third-order valence-electron chi connectivity index (χ3n) is 5.39. The second-order valence-electron chi connectivity index (χ2n) is 7.04. The number of nitrogens with one attached hydrogen (secondary N) is 2. The van der Waals surface area contributed by atoms with Crippen molar-refractivity contribution >= 4 is 29.9 Å². The van der Waals surface area contributed by atoms with Crippen LogP contribution in [0.25, 0.3) is 0 Å². The average molecular weight is 467 g/mol. The maximum atomic E-state index is 4.36. The van der Waals surface area contributed by atoms with Gasteiger partial charge < -0.3 is 15.2 Å².